The molecule has 1 N–H and O–H groups in total. The molecule has 1 saturated heterocycles. The largest absolute Gasteiger partial charge is 0.444 e. The Kier molecular flexibility index (Phi) is 7.81. The molecular formula is C29H39FN4O4. The molecule has 0 spiro atoms. The molecule has 2 amide bonds. The lowest BCUT2D eigenvalue weighted by Crippen LogP contribution is -2.62. The molecule has 0 bridgehead atoms. The number of rotatable bonds is 5. The summed E-state index contributed by atoms with van der Waals surface area (Å²) in [6.45, 7) is 12.7. The van der Waals surface area contributed by atoms with Crippen LogP contribution in [0.2, 0.25) is 0 Å². The number of hydrogen-bond acceptors (Lipinski definition) is 6. The van der Waals surface area contributed by atoms with Gasteiger partial charge < -0.3 is 19.6 Å². The number of ether oxygens (including phenoxy) is 1. The maximum atomic E-state index is 14.2. The quantitative estimate of drug-likeness (QED) is 0.639. The van der Waals surface area contributed by atoms with Gasteiger partial charge in [-0.1, -0.05) is 32.0 Å². The first-order valence-corrected chi connectivity index (χ1v) is 13.2. The number of fused-ring (bicyclic) bond motifs is 1. The van der Waals surface area contributed by atoms with E-state index in [1.807, 2.05) is 38.7 Å². The Hall–Kier alpha value is -3.04. The van der Waals surface area contributed by atoms with Crippen LogP contribution in [0.4, 0.5) is 14.9 Å². The number of benzene rings is 1. The van der Waals surface area contributed by atoms with Crippen molar-refractivity contribution >= 4 is 17.7 Å². The Morgan fingerprint density at radius 3 is 2.58 bits per heavy atom. The SMILES string of the molecule is CC1CN(CC(=O)N2CC(C)(C)c3cnc(Cc4ccccc4F)cc32)C(CO)CN1C(=O)OC(C)(C)C. The minimum Gasteiger partial charge on any atom is -0.444 e. The highest BCUT2D eigenvalue weighted by molar-refractivity contribution is 5.97. The van der Waals surface area contributed by atoms with Crippen LogP contribution >= 0.6 is 0 Å². The number of halogens is 1. The van der Waals surface area contributed by atoms with Gasteiger partial charge in [0.15, 0.2) is 0 Å². The second-order valence-electron chi connectivity index (χ2n) is 12.1. The van der Waals surface area contributed by atoms with Crippen molar-refractivity contribution in [3.8, 4) is 0 Å². The zero-order valence-corrected chi connectivity index (χ0v) is 23.2. The molecule has 2 aliphatic heterocycles. The van der Waals surface area contributed by atoms with Gasteiger partial charge in [-0.05, 0) is 45.4 Å². The summed E-state index contributed by atoms with van der Waals surface area (Å²) in [5.41, 5.74) is 2.12. The van der Waals surface area contributed by atoms with Crippen molar-refractivity contribution in [2.45, 2.75) is 71.1 Å². The van der Waals surface area contributed by atoms with E-state index in [0.717, 1.165) is 11.3 Å². The van der Waals surface area contributed by atoms with Gasteiger partial charge in [0.2, 0.25) is 5.91 Å². The smallest absolute Gasteiger partial charge is 0.410 e. The van der Waals surface area contributed by atoms with Gasteiger partial charge in [0.25, 0.3) is 0 Å². The second-order valence-corrected chi connectivity index (χ2v) is 12.1. The Labute approximate surface area is 224 Å². The summed E-state index contributed by atoms with van der Waals surface area (Å²) in [5.74, 6) is -0.367. The molecule has 38 heavy (non-hydrogen) atoms. The predicted octanol–water partition coefficient (Wildman–Crippen LogP) is 3.74. The van der Waals surface area contributed by atoms with Gasteiger partial charge in [0.05, 0.1) is 24.9 Å². The molecular weight excluding hydrogens is 487 g/mol. The summed E-state index contributed by atoms with van der Waals surface area (Å²) in [4.78, 5) is 36.3. The Balaban J connectivity index is 1.51. The van der Waals surface area contributed by atoms with E-state index in [1.165, 1.54) is 6.07 Å². The third kappa shape index (κ3) is 5.99. The molecule has 2 atom stereocenters. The number of aliphatic hydroxyl groups is 1. The molecule has 206 valence electrons. The third-order valence-electron chi connectivity index (χ3n) is 7.27. The van der Waals surface area contributed by atoms with Crippen LogP contribution in [0, 0.1) is 5.82 Å². The fourth-order valence-electron chi connectivity index (χ4n) is 5.26. The van der Waals surface area contributed by atoms with Crippen molar-refractivity contribution in [3.05, 3.63) is 59.2 Å². The van der Waals surface area contributed by atoms with E-state index in [-0.39, 0.29) is 48.9 Å². The first kappa shape index (κ1) is 28.0. The number of carbonyl (C=O) groups excluding carboxylic acids is 2. The van der Waals surface area contributed by atoms with Crippen LogP contribution < -0.4 is 4.90 Å². The maximum absolute atomic E-state index is 14.2. The molecule has 2 aliphatic rings. The van der Waals surface area contributed by atoms with Crippen LogP contribution in [0.1, 0.15) is 58.4 Å². The first-order chi connectivity index (χ1) is 17.8. The molecule has 4 rings (SSSR count). The molecule has 8 nitrogen and oxygen atoms in total. The van der Waals surface area contributed by atoms with Gasteiger partial charge in [0, 0.05) is 55.0 Å². The zero-order chi connectivity index (χ0) is 27.8. The van der Waals surface area contributed by atoms with Crippen molar-refractivity contribution < 1.29 is 23.8 Å². The second kappa shape index (κ2) is 10.6. The van der Waals surface area contributed by atoms with Gasteiger partial charge in [-0.15, -0.1) is 0 Å². The van der Waals surface area contributed by atoms with E-state index in [0.29, 0.717) is 30.8 Å². The van der Waals surface area contributed by atoms with Gasteiger partial charge >= 0.3 is 6.09 Å². The highest BCUT2D eigenvalue weighted by Crippen LogP contribution is 2.40. The minimum absolute atomic E-state index is 0.0868. The Bertz CT molecular complexity index is 1200. The van der Waals surface area contributed by atoms with E-state index in [4.69, 9.17) is 4.74 Å². The molecule has 1 aromatic carbocycles. The van der Waals surface area contributed by atoms with Crippen LogP contribution in [0.5, 0.6) is 0 Å². The average molecular weight is 527 g/mol. The number of piperazine rings is 1. The van der Waals surface area contributed by atoms with E-state index in [2.05, 4.69) is 18.8 Å². The maximum Gasteiger partial charge on any atom is 0.410 e. The molecule has 0 radical (unpaired) electrons. The number of aliphatic hydroxyl groups excluding tert-OH is 1. The fourth-order valence-corrected chi connectivity index (χ4v) is 5.26. The topological polar surface area (TPSA) is 86.2 Å². The van der Waals surface area contributed by atoms with Gasteiger partial charge in [-0.25, -0.2) is 9.18 Å². The first-order valence-electron chi connectivity index (χ1n) is 13.2. The predicted molar refractivity (Wildman–Crippen MR) is 144 cm³/mol. The summed E-state index contributed by atoms with van der Waals surface area (Å²) < 4.78 is 19.8. The summed E-state index contributed by atoms with van der Waals surface area (Å²) in [7, 11) is 0. The van der Waals surface area contributed by atoms with Crippen LogP contribution in [0.3, 0.4) is 0 Å². The molecule has 3 heterocycles. The molecule has 0 saturated carbocycles. The highest BCUT2D eigenvalue weighted by Gasteiger charge is 2.41. The monoisotopic (exact) mass is 526 g/mol. The number of hydrogen-bond donors (Lipinski definition) is 1. The molecule has 0 aliphatic carbocycles. The number of aromatic nitrogens is 1. The summed E-state index contributed by atoms with van der Waals surface area (Å²) in [6.07, 6.45) is 1.72. The van der Waals surface area contributed by atoms with Gasteiger partial charge in [-0.3, -0.25) is 14.7 Å². The lowest BCUT2D eigenvalue weighted by atomic mass is 9.88. The standard InChI is InChI=1S/C29H39FN4O4/c1-19-14-32(22(17-35)15-33(19)27(37)38-28(2,3)4)16-26(36)34-18-29(5,6)23-13-31-21(12-25(23)34)11-20-9-7-8-10-24(20)30/h7-10,12-13,19,22,35H,11,14-18H2,1-6H3. The van der Waals surface area contributed by atoms with E-state index in [1.54, 1.807) is 34.2 Å². The van der Waals surface area contributed by atoms with Crippen LogP contribution in [-0.4, -0.2) is 82.4 Å². The van der Waals surface area contributed by atoms with Crippen LogP contribution in [-0.2, 0) is 21.4 Å². The summed E-state index contributed by atoms with van der Waals surface area (Å²) >= 11 is 0. The molecule has 2 aromatic rings. The van der Waals surface area contributed by atoms with Crippen molar-refractivity contribution in [3.63, 3.8) is 0 Å². The van der Waals surface area contributed by atoms with Gasteiger partial charge in [0.1, 0.15) is 11.4 Å². The van der Waals surface area contributed by atoms with Crippen LogP contribution in [0.25, 0.3) is 0 Å². The molecule has 2 unspecified atom stereocenters. The number of nitrogens with zero attached hydrogens (tertiary/aromatic N) is 4. The van der Waals surface area contributed by atoms with E-state index >= 15 is 0 Å². The number of carbonyl (C=O) groups is 2. The molecule has 1 fully saturated rings. The summed E-state index contributed by atoms with van der Waals surface area (Å²) in [5, 5.41) is 10.1. The van der Waals surface area contributed by atoms with Crippen molar-refractivity contribution in [1.82, 2.24) is 14.8 Å². The lowest BCUT2D eigenvalue weighted by molar-refractivity contribution is -0.121. The molecule has 9 heteroatoms. The number of pyridine rings is 1. The van der Waals surface area contributed by atoms with E-state index < -0.39 is 11.7 Å². The van der Waals surface area contributed by atoms with Gasteiger partial charge in [-0.2, -0.15) is 0 Å². The minimum atomic E-state index is -0.617. The van der Waals surface area contributed by atoms with Crippen LogP contribution in [0.15, 0.2) is 36.5 Å². The normalized spacial score (nSPS) is 21.4. The summed E-state index contributed by atoms with van der Waals surface area (Å²) in [6, 6.07) is 7.96. The van der Waals surface area contributed by atoms with E-state index in [9.17, 15) is 19.1 Å². The zero-order valence-electron chi connectivity index (χ0n) is 23.2. The number of amides is 2. The number of anilines is 1. The third-order valence-corrected chi connectivity index (χ3v) is 7.27. The Morgan fingerprint density at radius 1 is 1.21 bits per heavy atom. The Morgan fingerprint density at radius 2 is 1.92 bits per heavy atom. The van der Waals surface area contributed by atoms with Crippen molar-refractivity contribution in [2.75, 3.05) is 37.7 Å². The molecule has 1 aromatic heterocycles. The van der Waals surface area contributed by atoms with Crippen molar-refractivity contribution in [2.24, 2.45) is 0 Å². The fraction of sp³-hybridized carbons (Fsp3) is 0.552. The average Bonchev–Trinajstić information content (AvgIpc) is 3.10. The van der Waals surface area contributed by atoms with Crippen molar-refractivity contribution in [1.29, 1.82) is 0 Å². The highest BCUT2D eigenvalue weighted by atomic mass is 19.1. The lowest BCUT2D eigenvalue weighted by Gasteiger charge is -2.44.